The Kier molecular flexibility index (Phi) is 5.22. The fourth-order valence-corrected chi connectivity index (χ4v) is 1.17. The Morgan fingerprint density at radius 1 is 1.05 bits per heavy atom. The molecule has 2 aromatic rings. The molecule has 19 heavy (non-hydrogen) atoms. The Morgan fingerprint density at radius 2 is 1.58 bits per heavy atom. The SMILES string of the molecule is Nc1ccc(F)cc1.O=Cc1ccc(C(=O)O)cc1. The molecule has 0 bridgehead atoms. The molecule has 2 aromatic carbocycles. The number of carbonyl (C=O) groups excluding carboxylic acids is 1. The number of halogens is 1. The van der Waals surface area contributed by atoms with E-state index in [9.17, 15) is 14.0 Å². The molecule has 0 aliphatic rings. The van der Waals surface area contributed by atoms with Crippen molar-refractivity contribution < 1.29 is 19.1 Å². The van der Waals surface area contributed by atoms with Gasteiger partial charge in [0.05, 0.1) is 5.56 Å². The number of carboxylic acid groups (broad SMARTS) is 1. The van der Waals surface area contributed by atoms with Gasteiger partial charge in [0.15, 0.2) is 0 Å². The first-order chi connectivity index (χ1) is 9.02. The summed E-state index contributed by atoms with van der Waals surface area (Å²) in [6, 6.07) is 11.4. The van der Waals surface area contributed by atoms with E-state index in [2.05, 4.69) is 0 Å². The standard InChI is InChI=1S/C8H6O3.C6H6FN/c9-5-6-1-3-7(4-2-6)8(10)11;7-5-1-3-6(8)4-2-5/h1-5H,(H,10,11);1-4H,8H2. The Hall–Kier alpha value is -2.69. The van der Waals surface area contributed by atoms with Crippen LogP contribution in [0.1, 0.15) is 20.7 Å². The number of carboxylic acids is 1. The lowest BCUT2D eigenvalue weighted by Crippen LogP contribution is -1.95. The van der Waals surface area contributed by atoms with E-state index in [1.54, 1.807) is 0 Å². The fourth-order valence-electron chi connectivity index (χ4n) is 1.17. The second kappa shape index (κ2) is 6.90. The molecule has 2 rings (SSSR count). The van der Waals surface area contributed by atoms with Gasteiger partial charge in [-0.05, 0) is 36.4 Å². The number of anilines is 1. The van der Waals surface area contributed by atoms with E-state index in [1.165, 1.54) is 48.5 Å². The smallest absolute Gasteiger partial charge is 0.335 e. The third-order valence-corrected chi connectivity index (χ3v) is 2.16. The summed E-state index contributed by atoms with van der Waals surface area (Å²) in [6.07, 6.45) is 0.672. The zero-order valence-electron chi connectivity index (χ0n) is 9.92. The van der Waals surface area contributed by atoms with Gasteiger partial charge in [0, 0.05) is 11.3 Å². The molecule has 0 fully saturated rings. The van der Waals surface area contributed by atoms with Crippen molar-refractivity contribution in [2.75, 3.05) is 5.73 Å². The van der Waals surface area contributed by atoms with Crippen molar-refractivity contribution in [3.05, 3.63) is 65.5 Å². The van der Waals surface area contributed by atoms with Gasteiger partial charge in [0.1, 0.15) is 12.1 Å². The van der Waals surface area contributed by atoms with Crippen LogP contribution in [-0.2, 0) is 0 Å². The molecule has 0 amide bonds. The summed E-state index contributed by atoms with van der Waals surface area (Å²) in [5, 5.41) is 8.46. The topological polar surface area (TPSA) is 80.4 Å². The highest BCUT2D eigenvalue weighted by atomic mass is 19.1. The summed E-state index contributed by atoms with van der Waals surface area (Å²) in [7, 11) is 0. The largest absolute Gasteiger partial charge is 0.478 e. The quantitative estimate of drug-likeness (QED) is 0.643. The molecule has 3 N–H and O–H groups in total. The lowest BCUT2D eigenvalue weighted by atomic mass is 10.1. The molecule has 0 saturated heterocycles. The van der Waals surface area contributed by atoms with Crippen LogP contribution in [0.3, 0.4) is 0 Å². The molecule has 0 saturated carbocycles. The summed E-state index contributed by atoms with van der Waals surface area (Å²) in [6.45, 7) is 0. The van der Waals surface area contributed by atoms with Gasteiger partial charge in [-0.1, -0.05) is 12.1 Å². The molecule has 0 unspecified atom stereocenters. The van der Waals surface area contributed by atoms with Crippen molar-refractivity contribution in [1.82, 2.24) is 0 Å². The molecule has 0 radical (unpaired) electrons. The van der Waals surface area contributed by atoms with Crippen LogP contribution >= 0.6 is 0 Å². The number of rotatable bonds is 2. The van der Waals surface area contributed by atoms with Gasteiger partial charge in [0.2, 0.25) is 0 Å². The highest BCUT2D eigenvalue weighted by molar-refractivity contribution is 5.88. The second-order valence-corrected chi connectivity index (χ2v) is 3.60. The van der Waals surface area contributed by atoms with Crippen molar-refractivity contribution >= 4 is 17.9 Å². The van der Waals surface area contributed by atoms with Crippen LogP contribution in [0.15, 0.2) is 48.5 Å². The van der Waals surface area contributed by atoms with Crippen molar-refractivity contribution in [3.8, 4) is 0 Å². The molecule has 5 heteroatoms. The Labute approximate surface area is 109 Å². The van der Waals surface area contributed by atoms with Gasteiger partial charge in [-0.2, -0.15) is 0 Å². The van der Waals surface area contributed by atoms with E-state index >= 15 is 0 Å². The number of nitrogen functional groups attached to an aromatic ring is 1. The number of nitrogens with two attached hydrogens (primary N) is 1. The van der Waals surface area contributed by atoms with Crippen LogP contribution < -0.4 is 5.73 Å². The maximum Gasteiger partial charge on any atom is 0.335 e. The number of hydrogen-bond donors (Lipinski definition) is 2. The van der Waals surface area contributed by atoms with E-state index < -0.39 is 5.97 Å². The van der Waals surface area contributed by atoms with E-state index in [0.717, 1.165) is 0 Å². The molecule has 0 aliphatic carbocycles. The van der Waals surface area contributed by atoms with Gasteiger partial charge in [-0.25, -0.2) is 9.18 Å². The normalized spacial score (nSPS) is 9.11. The minimum absolute atomic E-state index is 0.190. The number of aromatic carboxylic acids is 1. The Balaban J connectivity index is 0.000000200. The molecular formula is C14H12FNO3. The van der Waals surface area contributed by atoms with Gasteiger partial charge in [0.25, 0.3) is 0 Å². The zero-order chi connectivity index (χ0) is 14.3. The van der Waals surface area contributed by atoms with Crippen LogP contribution in [0.2, 0.25) is 0 Å². The van der Waals surface area contributed by atoms with Crippen molar-refractivity contribution in [3.63, 3.8) is 0 Å². The maximum absolute atomic E-state index is 12.0. The fraction of sp³-hybridized carbons (Fsp3) is 0. The number of benzene rings is 2. The van der Waals surface area contributed by atoms with Gasteiger partial charge in [-0.3, -0.25) is 4.79 Å². The predicted molar refractivity (Wildman–Crippen MR) is 69.6 cm³/mol. The maximum atomic E-state index is 12.0. The van der Waals surface area contributed by atoms with E-state index in [0.29, 0.717) is 17.5 Å². The van der Waals surface area contributed by atoms with Crippen LogP contribution in [0.5, 0.6) is 0 Å². The third-order valence-electron chi connectivity index (χ3n) is 2.16. The minimum atomic E-state index is -0.984. The molecule has 4 nitrogen and oxygen atoms in total. The van der Waals surface area contributed by atoms with Crippen LogP contribution in [-0.4, -0.2) is 17.4 Å². The first kappa shape index (κ1) is 14.4. The van der Waals surface area contributed by atoms with Crippen LogP contribution in [0.4, 0.5) is 10.1 Å². The van der Waals surface area contributed by atoms with Crippen molar-refractivity contribution in [2.45, 2.75) is 0 Å². The number of carbonyl (C=O) groups is 2. The van der Waals surface area contributed by atoms with Crippen molar-refractivity contribution in [2.24, 2.45) is 0 Å². The summed E-state index contributed by atoms with van der Waals surface area (Å²) in [5.74, 6) is -1.23. The molecular weight excluding hydrogens is 249 g/mol. The third kappa shape index (κ3) is 4.99. The van der Waals surface area contributed by atoms with Gasteiger partial charge < -0.3 is 10.8 Å². The molecule has 0 aromatic heterocycles. The van der Waals surface area contributed by atoms with Gasteiger partial charge in [-0.15, -0.1) is 0 Å². The molecule has 98 valence electrons. The number of hydrogen-bond acceptors (Lipinski definition) is 3. The lowest BCUT2D eigenvalue weighted by Gasteiger charge is -1.92. The summed E-state index contributed by atoms with van der Waals surface area (Å²) < 4.78 is 12.0. The first-order valence-electron chi connectivity index (χ1n) is 5.32. The average molecular weight is 261 g/mol. The van der Waals surface area contributed by atoms with Crippen LogP contribution in [0.25, 0.3) is 0 Å². The highest BCUT2D eigenvalue weighted by Crippen LogP contribution is 2.02. The molecule has 0 spiro atoms. The minimum Gasteiger partial charge on any atom is -0.478 e. The molecule has 0 atom stereocenters. The monoisotopic (exact) mass is 261 g/mol. The summed E-state index contributed by atoms with van der Waals surface area (Å²) in [5.41, 5.74) is 6.52. The first-order valence-corrected chi connectivity index (χ1v) is 5.32. The summed E-state index contributed by atoms with van der Waals surface area (Å²) in [4.78, 5) is 20.5. The zero-order valence-corrected chi connectivity index (χ0v) is 9.92. The Bertz CT molecular complexity index is 529. The second-order valence-electron chi connectivity index (χ2n) is 3.60. The van der Waals surface area contributed by atoms with E-state index in [4.69, 9.17) is 10.8 Å². The van der Waals surface area contributed by atoms with E-state index in [1.807, 2.05) is 0 Å². The molecule has 0 aliphatic heterocycles. The summed E-state index contributed by atoms with van der Waals surface area (Å²) >= 11 is 0. The number of aldehydes is 1. The van der Waals surface area contributed by atoms with E-state index in [-0.39, 0.29) is 11.4 Å². The average Bonchev–Trinajstić information content (AvgIpc) is 2.43. The van der Waals surface area contributed by atoms with Crippen LogP contribution in [0, 0.1) is 5.82 Å². The van der Waals surface area contributed by atoms with Gasteiger partial charge >= 0.3 is 5.97 Å². The predicted octanol–water partition coefficient (Wildman–Crippen LogP) is 2.61. The highest BCUT2D eigenvalue weighted by Gasteiger charge is 1.99. The van der Waals surface area contributed by atoms with Crippen molar-refractivity contribution in [1.29, 1.82) is 0 Å². The Morgan fingerprint density at radius 3 is 1.95 bits per heavy atom. The molecule has 0 heterocycles. The lowest BCUT2D eigenvalue weighted by molar-refractivity contribution is 0.0696.